The van der Waals surface area contributed by atoms with Gasteiger partial charge in [-0.1, -0.05) is 45.9 Å². The monoisotopic (exact) mass is 263 g/mol. The van der Waals surface area contributed by atoms with E-state index in [1.165, 1.54) is 16.7 Å². The minimum atomic E-state index is 0.212. The summed E-state index contributed by atoms with van der Waals surface area (Å²) in [5.41, 5.74) is 3.98. The number of benzene rings is 1. The summed E-state index contributed by atoms with van der Waals surface area (Å²) in [6.45, 7) is 11.1. The summed E-state index contributed by atoms with van der Waals surface area (Å²) in [6, 6.07) is 6.92. The normalized spacial score (nSPS) is 15.0. The van der Waals surface area contributed by atoms with Crippen molar-refractivity contribution in [2.24, 2.45) is 11.8 Å². The van der Waals surface area contributed by atoms with Gasteiger partial charge in [0.25, 0.3) is 0 Å². The van der Waals surface area contributed by atoms with Crippen molar-refractivity contribution in [3.05, 3.63) is 34.9 Å². The van der Waals surface area contributed by atoms with Gasteiger partial charge in [0.05, 0.1) is 0 Å². The molecule has 2 nitrogen and oxygen atoms in total. The Morgan fingerprint density at radius 3 is 2.21 bits per heavy atom. The lowest BCUT2D eigenvalue weighted by molar-refractivity contribution is 0.154. The van der Waals surface area contributed by atoms with E-state index in [1.54, 1.807) is 0 Å². The molecule has 0 fully saturated rings. The fraction of sp³-hybridized carbons (Fsp3) is 0.647. The highest BCUT2D eigenvalue weighted by atomic mass is 16.3. The Morgan fingerprint density at radius 2 is 1.79 bits per heavy atom. The zero-order valence-electron chi connectivity index (χ0n) is 13.2. The average molecular weight is 263 g/mol. The van der Waals surface area contributed by atoms with Gasteiger partial charge >= 0.3 is 0 Å². The van der Waals surface area contributed by atoms with Gasteiger partial charge in [0.15, 0.2) is 0 Å². The Labute approximate surface area is 118 Å². The molecule has 2 N–H and O–H groups in total. The standard InChI is InChI=1S/C17H29NO/c1-11(2)14-8-7-13(5)15(9-14)17(18-6)16(10-19)12(3)4/h7-9,11-12,16-19H,10H2,1-6H3. The molecule has 2 atom stereocenters. The third kappa shape index (κ3) is 3.80. The van der Waals surface area contributed by atoms with E-state index in [0.29, 0.717) is 11.8 Å². The Balaban J connectivity index is 3.19. The molecule has 0 spiro atoms. The Morgan fingerprint density at radius 1 is 1.16 bits per heavy atom. The van der Waals surface area contributed by atoms with Gasteiger partial charge in [-0.05, 0) is 42.5 Å². The molecule has 0 aliphatic rings. The summed E-state index contributed by atoms with van der Waals surface area (Å²) < 4.78 is 0. The zero-order chi connectivity index (χ0) is 14.6. The highest BCUT2D eigenvalue weighted by molar-refractivity contribution is 5.35. The molecule has 0 aliphatic heterocycles. The number of hydrogen-bond acceptors (Lipinski definition) is 2. The third-order valence-corrected chi connectivity index (χ3v) is 4.11. The molecule has 1 aromatic carbocycles. The fourth-order valence-corrected chi connectivity index (χ4v) is 2.65. The van der Waals surface area contributed by atoms with Crippen LogP contribution in [0.2, 0.25) is 0 Å². The van der Waals surface area contributed by atoms with Crippen LogP contribution in [0.3, 0.4) is 0 Å². The van der Waals surface area contributed by atoms with Crippen LogP contribution in [-0.2, 0) is 0 Å². The number of aliphatic hydroxyl groups excluding tert-OH is 1. The predicted molar refractivity (Wildman–Crippen MR) is 82.5 cm³/mol. The lowest BCUT2D eigenvalue weighted by atomic mass is 9.82. The molecule has 0 heterocycles. The van der Waals surface area contributed by atoms with Crippen molar-refractivity contribution in [2.45, 2.75) is 46.6 Å². The van der Waals surface area contributed by atoms with Crippen LogP contribution in [0.25, 0.3) is 0 Å². The maximum absolute atomic E-state index is 9.69. The van der Waals surface area contributed by atoms with E-state index in [2.05, 4.69) is 58.1 Å². The van der Waals surface area contributed by atoms with Crippen LogP contribution in [0, 0.1) is 18.8 Å². The first-order valence-corrected chi connectivity index (χ1v) is 7.30. The van der Waals surface area contributed by atoms with Gasteiger partial charge in [0.1, 0.15) is 0 Å². The molecule has 108 valence electrons. The molecule has 1 rings (SSSR count). The molecule has 2 heteroatoms. The van der Waals surface area contributed by atoms with Crippen molar-refractivity contribution in [3.8, 4) is 0 Å². The molecule has 0 radical (unpaired) electrons. The van der Waals surface area contributed by atoms with Gasteiger partial charge in [-0.25, -0.2) is 0 Å². The van der Waals surface area contributed by atoms with Crippen molar-refractivity contribution in [3.63, 3.8) is 0 Å². The lowest BCUT2D eigenvalue weighted by Crippen LogP contribution is -2.31. The first-order valence-electron chi connectivity index (χ1n) is 7.30. The van der Waals surface area contributed by atoms with Crippen LogP contribution in [0.1, 0.15) is 56.3 Å². The first kappa shape index (κ1) is 16.2. The summed E-state index contributed by atoms with van der Waals surface area (Å²) in [6.07, 6.45) is 0. The molecule has 0 saturated heterocycles. The van der Waals surface area contributed by atoms with E-state index >= 15 is 0 Å². The van der Waals surface area contributed by atoms with Crippen molar-refractivity contribution >= 4 is 0 Å². The fourth-order valence-electron chi connectivity index (χ4n) is 2.65. The maximum atomic E-state index is 9.69. The first-order chi connectivity index (χ1) is 8.92. The number of hydrogen-bond donors (Lipinski definition) is 2. The molecular weight excluding hydrogens is 234 g/mol. The quantitative estimate of drug-likeness (QED) is 0.821. The van der Waals surface area contributed by atoms with Crippen LogP contribution in [0.4, 0.5) is 0 Å². The van der Waals surface area contributed by atoms with E-state index in [4.69, 9.17) is 0 Å². The van der Waals surface area contributed by atoms with Crippen LogP contribution < -0.4 is 5.32 Å². The topological polar surface area (TPSA) is 32.3 Å². The van der Waals surface area contributed by atoms with E-state index in [0.717, 1.165) is 0 Å². The summed E-state index contributed by atoms with van der Waals surface area (Å²) in [4.78, 5) is 0. The van der Waals surface area contributed by atoms with E-state index in [-0.39, 0.29) is 18.6 Å². The molecule has 0 aliphatic carbocycles. The maximum Gasteiger partial charge on any atom is 0.0479 e. The van der Waals surface area contributed by atoms with Gasteiger partial charge in [-0.15, -0.1) is 0 Å². The van der Waals surface area contributed by atoms with Crippen molar-refractivity contribution < 1.29 is 5.11 Å². The van der Waals surface area contributed by atoms with E-state index in [9.17, 15) is 5.11 Å². The molecule has 0 bridgehead atoms. The average Bonchev–Trinajstić information content (AvgIpc) is 2.36. The number of aryl methyl sites for hydroxylation is 1. The second kappa shape index (κ2) is 7.06. The van der Waals surface area contributed by atoms with Crippen LogP contribution in [0.15, 0.2) is 18.2 Å². The van der Waals surface area contributed by atoms with Gasteiger partial charge in [-0.2, -0.15) is 0 Å². The SMILES string of the molecule is CNC(c1cc(C(C)C)ccc1C)C(CO)C(C)C. The highest BCUT2D eigenvalue weighted by Gasteiger charge is 2.25. The third-order valence-electron chi connectivity index (χ3n) is 4.11. The van der Waals surface area contributed by atoms with Crippen molar-refractivity contribution in [1.82, 2.24) is 5.32 Å². The van der Waals surface area contributed by atoms with Crippen LogP contribution in [-0.4, -0.2) is 18.8 Å². The molecule has 2 unspecified atom stereocenters. The Hall–Kier alpha value is -0.860. The summed E-state index contributed by atoms with van der Waals surface area (Å²) in [7, 11) is 1.98. The summed E-state index contributed by atoms with van der Waals surface area (Å²) in [5, 5.41) is 13.1. The van der Waals surface area contributed by atoms with Crippen molar-refractivity contribution in [2.75, 3.05) is 13.7 Å². The molecule has 0 amide bonds. The van der Waals surface area contributed by atoms with Crippen molar-refractivity contribution in [1.29, 1.82) is 0 Å². The number of aliphatic hydroxyl groups is 1. The molecule has 0 saturated carbocycles. The second-order valence-corrected chi connectivity index (χ2v) is 6.13. The van der Waals surface area contributed by atoms with Gasteiger partial charge < -0.3 is 10.4 Å². The largest absolute Gasteiger partial charge is 0.396 e. The highest BCUT2D eigenvalue weighted by Crippen LogP contribution is 2.31. The number of nitrogens with one attached hydrogen (secondary N) is 1. The molecule has 0 aromatic heterocycles. The summed E-state index contributed by atoms with van der Waals surface area (Å²) >= 11 is 0. The molecule has 19 heavy (non-hydrogen) atoms. The van der Waals surface area contributed by atoms with Crippen LogP contribution in [0.5, 0.6) is 0 Å². The minimum Gasteiger partial charge on any atom is -0.396 e. The minimum absolute atomic E-state index is 0.212. The smallest absolute Gasteiger partial charge is 0.0479 e. The van der Waals surface area contributed by atoms with Gasteiger partial charge in [0.2, 0.25) is 0 Å². The molecular formula is C17H29NO. The zero-order valence-corrected chi connectivity index (χ0v) is 13.2. The van der Waals surface area contributed by atoms with E-state index < -0.39 is 0 Å². The number of rotatable bonds is 6. The Bertz CT molecular complexity index is 398. The van der Waals surface area contributed by atoms with E-state index in [1.807, 2.05) is 7.05 Å². The van der Waals surface area contributed by atoms with Crippen LogP contribution >= 0.6 is 0 Å². The lowest BCUT2D eigenvalue weighted by Gasteiger charge is -2.30. The van der Waals surface area contributed by atoms with Gasteiger partial charge in [0, 0.05) is 18.6 Å². The summed E-state index contributed by atoms with van der Waals surface area (Å²) in [5.74, 6) is 1.22. The second-order valence-electron chi connectivity index (χ2n) is 6.13. The van der Waals surface area contributed by atoms with Gasteiger partial charge in [-0.3, -0.25) is 0 Å². The predicted octanol–water partition coefficient (Wildman–Crippen LogP) is 3.64. The molecule has 1 aromatic rings. The Kier molecular flexibility index (Phi) is 6.02.